The van der Waals surface area contributed by atoms with Crippen LogP contribution in [0.4, 0.5) is 0 Å². The quantitative estimate of drug-likeness (QED) is 0.876. The molecule has 2 nitrogen and oxygen atoms in total. The Labute approximate surface area is 109 Å². The maximum absolute atomic E-state index is 9.23. The predicted molar refractivity (Wildman–Crippen MR) is 74.3 cm³/mol. The Morgan fingerprint density at radius 1 is 1.41 bits per heavy atom. The van der Waals surface area contributed by atoms with Gasteiger partial charge < -0.3 is 0 Å². The van der Waals surface area contributed by atoms with Gasteiger partial charge in [0, 0.05) is 15.8 Å². The van der Waals surface area contributed by atoms with Gasteiger partial charge in [0.05, 0.1) is 6.07 Å². The summed E-state index contributed by atoms with van der Waals surface area (Å²) in [6, 6.07) is 6.77. The van der Waals surface area contributed by atoms with E-state index < -0.39 is 0 Å². The molecule has 0 aromatic carbocycles. The summed E-state index contributed by atoms with van der Waals surface area (Å²) >= 11 is 1.74. The normalized spacial score (nSPS) is 15.3. The number of hydrogen-bond donors (Lipinski definition) is 1. The Balaban J connectivity index is 2.84. The van der Waals surface area contributed by atoms with Crippen LogP contribution in [-0.2, 0) is 5.41 Å². The molecule has 0 amide bonds. The van der Waals surface area contributed by atoms with Crippen molar-refractivity contribution in [3.63, 3.8) is 0 Å². The topological polar surface area (TPSA) is 35.8 Å². The van der Waals surface area contributed by atoms with Gasteiger partial charge in [-0.1, -0.05) is 27.7 Å². The highest BCUT2D eigenvalue weighted by molar-refractivity contribution is 7.12. The van der Waals surface area contributed by atoms with Crippen LogP contribution in [0.25, 0.3) is 0 Å². The molecule has 1 aromatic rings. The van der Waals surface area contributed by atoms with Crippen LogP contribution in [0.5, 0.6) is 0 Å². The number of rotatable bonds is 4. The zero-order valence-electron chi connectivity index (χ0n) is 11.4. The van der Waals surface area contributed by atoms with Gasteiger partial charge in [-0.3, -0.25) is 5.32 Å². The maximum Gasteiger partial charge on any atom is 0.130 e. The summed E-state index contributed by atoms with van der Waals surface area (Å²) in [4.78, 5) is 2.46. The SMILES string of the molecule is CCC(C)NC(C#N)c1ccc(C(C)(C)C)s1. The smallest absolute Gasteiger partial charge is 0.130 e. The second-order valence-electron chi connectivity index (χ2n) is 5.49. The van der Waals surface area contributed by atoms with Gasteiger partial charge in [-0.2, -0.15) is 5.26 Å². The van der Waals surface area contributed by atoms with Crippen molar-refractivity contribution in [1.82, 2.24) is 5.32 Å². The van der Waals surface area contributed by atoms with Crippen molar-refractivity contribution in [2.75, 3.05) is 0 Å². The first kappa shape index (κ1) is 14.2. The fourth-order valence-electron chi connectivity index (χ4n) is 1.50. The molecule has 1 aromatic heterocycles. The minimum Gasteiger partial charge on any atom is -0.295 e. The van der Waals surface area contributed by atoms with E-state index in [0.717, 1.165) is 11.3 Å². The van der Waals surface area contributed by atoms with Gasteiger partial charge in [0.15, 0.2) is 0 Å². The standard InChI is InChI=1S/C14H22N2S/c1-6-10(2)16-11(9-15)12-7-8-13(17-12)14(3,4)5/h7-8,10-11,16H,6H2,1-5H3. The number of nitrogens with one attached hydrogen (secondary N) is 1. The summed E-state index contributed by atoms with van der Waals surface area (Å²) in [6.07, 6.45) is 1.04. The largest absolute Gasteiger partial charge is 0.295 e. The lowest BCUT2D eigenvalue weighted by Crippen LogP contribution is -2.28. The van der Waals surface area contributed by atoms with Gasteiger partial charge in [0.2, 0.25) is 0 Å². The highest BCUT2D eigenvalue weighted by Crippen LogP contribution is 2.32. The van der Waals surface area contributed by atoms with Crippen LogP contribution in [-0.4, -0.2) is 6.04 Å². The molecule has 1 rings (SSSR count). The average Bonchev–Trinajstić information content (AvgIpc) is 2.74. The summed E-state index contributed by atoms with van der Waals surface area (Å²) in [5, 5.41) is 12.6. The van der Waals surface area contributed by atoms with Crippen molar-refractivity contribution in [2.45, 2.75) is 58.5 Å². The van der Waals surface area contributed by atoms with Gasteiger partial charge >= 0.3 is 0 Å². The molecule has 2 unspecified atom stereocenters. The van der Waals surface area contributed by atoms with Crippen molar-refractivity contribution in [1.29, 1.82) is 5.26 Å². The third-order valence-corrected chi connectivity index (χ3v) is 4.42. The van der Waals surface area contributed by atoms with E-state index in [4.69, 9.17) is 0 Å². The maximum atomic E-state index is 9.23. The highest BCUT2D eigenvalue weighted by Gasteiger charge is 2.20. The lowest BCUT2D eigenvalue weighted by molar-refractivity contribution is 0.505. The molecule has 2 atom stereocenters. The third kappa shape index (κ3) is 3.83. The fourth-order valence-corrected chi connectivity index (χ4v) is 2.57. The molecule has 0 aliphatic rings. The predicted octanol–water partition coefficient (Wildman–Crippen LogP) is 4.00. The molecule has 1 heterocycles. The van der Waals surface area contributed by atoms with Crippen molar-refractivity contribution in [2.24, 2.45) is 0 Å². The van der Waals surface area contributed by atoms with Gasteiger partial charge in [-0.15, -0.1) is 11.3 Å². The van der Waals surface area contributed by atoms with Crippen LogP contribution >= 0.6 is 11.3 Å². The Kier molecular flexibility index (Phi) is 4.73. The minimum absolute atomic E-state index is 0.166. The first-order chi connectivity index (χ1) is 7.88. The second-order valence-corrected chi connectivity index (χ2v) is 6.61. The highest BCUT2D eigenvalue weighted by atomic mass is 32.1. The Hall–Kier alpha value is -0.850. The fraction of sp³-hybridized carbons (Fsp3) is 0.643. The first-order valence-electron chi connectivity index (χ1n) is 6.14. The van der Waals surface area contributed by atoms with Crippen LogP contribution in [0.15, 0.2) is 12.1 Å². The molecular formula is C14H22N2S. The zero-order chi connectivity index (χ0) is 13.1. The summed E-state index contributed by atoms with van der Waals surface area (Å²) in [6.45, 7) is 10.8. The number of hydrogen-bond acceptors (Lipinski definition) is 3. The molecule has 0 saturated carbocycles. The van der Waals surface area contributed by atoms with E-state index in [2.05, 4.69) is 58.1 Å². The van der Waals surface area contributed by atoms with E-state index in [9.17, 15) is 5.26 Å². The Bertz CT molecular complexity index is 395. The molecule has 0 spiro atoms. The molecule has 94 valence electrons. The van der Waals surface area contributed by atoms with Crippen molar-refractivity contribution >= 4 is 11.3 Å². The molecule has 0 aliphatic heterocycles. The molecule has 1 N–H and O–H groups in total. The molecule has 0 radical (unpaired) electrons. The molecule has 17 heavy (non-hydrogen) atoms. The van der Waals surface area contributed by atoms with Gasteiger partial charge in [-0.05, 0) is 30.9 Å². The summed E-state index contributed by atoms with van der Waals surface area (Å²) in [5.41, 5.74) is 0.166. The van der Waals surface area contributed by atoms with E-state index in [1.807, 2.05) is 0 Å². The van der Waals surface area contributed by atoms with E-state index >= 15 is 0 Å². The second kappa shape index (κ2) is 5.66. The lowest BCUT2D eigenvalue weighted by Gasteiger charge is -2.17. The molecule has 3 heteroatoms. The van der Waals surface area contributed by atoms with Crippen molar-refractivity contribution in [3.05, 3.63) is 21.9 Å². The Morgan fingerprint density at radius 3 is 2.47 bits per heavy atom. The Morgan fingerprint density at radius 2 is 2.06 bits per heavy atom. The molecule has 0 bridgehead atoms. The van der Waals surface area contributed by atoms with Crippen LogP contribution in [0, 0.1) is 11.3 Å². The van der Waals surface area contributed by atoms with E-state index in [1.54, 1.807) is 11.3 Å². The van der Waals surface area contributed by atoms with Crippen molar-refractivity contribution < 1.29 is 0 Å². The molecule has 0 aliphatic carbocycles. The zero-order valence-corrected chi connectivity index (χ0v) is 12.2. The molecule has 0 fully saturated rings. The summed E-state index contributed by atoms with van der Waals surface area (Å²) < 4.78 is 0. The molecular weight excluding hydrogens is 228 g/mol. The van der Waals surface area contributed by atoms with E-state index in [1.165, 1.54) is 4.88 Å². The van der Waals surface area contributed by atoms with Crippen molar-refractivity contribution in [3.8, 4) is 6.07 Å². The van der Waals surface area contributed by atoms with E-state index in [0.29, 0.717) is 6.04 Å². The first-order valence-corrected chi connectivity index (χ1v) is 6.96. The van der Waals surface area contributed by atoms with Crippen LogP contribution in [0.1, 0.15) is 56.8 Å². The van der Waals surface area contributed by atoms with E-state index in [-0.39, 0.29) is 11.5 Å². The lowest BCUT2D eigenvalue weighted by atomic mass is 9.95. The average molecular weight is 250 g/mol. The number of nitrogens with zero attached hydrogens (tertiary/aromatic N) is 1. The van der Waals surface area contributed by atoms with Crippen LogP contribution < -0.4 is 5.32 Å². The molecule has 0 saturated heterocycles. The van der Waals surface area contributed by atoms with Gasteiger partial charge in [-0.25, -0.2) is 0 Å². The minimum atomic E-state index is -0.175. The third-order valence-electron chi connectivity index (χ3n) is 2.84. The summed E-state index contributed by atoms with van der Waals surface area (Å²) in [5.74, 6) is 0. The number of thiophene rings is 1. The number of nitriles is 1. The summed E-state index contributed by atoms with van der Waals surface area (Å²) in [7, 11) is 0. The van der Waals surface area contributed by atoms with Crippen LogP contribution in [0.3, 0.4) is 0 Å². The van der Waals surface area contributed by atoms with Gasteiger partial charge in [0.1, 0.15) is 6.04 Å². The van der Waals surface area contributed by atoms with Crippen LogP contribution in [0.2, 0.25) is 0 Å². The monoisotopic (exact) mass is 250 g/mol. The van der Waals surface area contributed by atoms with Gasteiger partial charge in [0.25, 0.3) is 0 Å².